The van der Waals surface area contributed by atoms with Crippen LogP contribution in [0, 0.1) is 17.3 Å². The lowest BCUT2D eigenvalue weighted by Crippen LogP contribution is -2.65. The number of hydrogen-bond donors (Lipinski definition) is 3. The number of nitrogens with two attached hydrogens (primary N) is 2. The topological polar surface area (TPSA) is 99.6 Å². The lowest BCUT2D eigenvalue weighted by atomic mass is 9.43. The number of carbonyl (C=O) groups excluding carboxylic acids is 1. The van der Waals surface area contributed by atoms with E-state index in [0.29, 0.717) is 36.8 Å². The summed E-state index contributed by atoms with van der Waals surface area (Å²) >= 11 is 0. The van der Waals surface area contributed by atoms with E-state index < -0.39 is 6.04 Å². The van der Waals surface area contributed by atoms with Crippen LogP contribution in [0.25, 0.3) is 0 Å². The molecule has 5 N–H and O–H groups in total. The SMILES string of the molecule is CC1(C)[C@H]2C[C@@H]3OB([C@@H](CNC(=O)[C@@H](N)CCCCN)c4ccccc4)O[C@]3(C)[C@@H]1C2. The fourth-order valence-corrected chi connectivity index (χ4v) is 6.12. The first-order valence-electron chi connectivity index (χ1n) is 11.9. The molecule has 1 aromatic rings. The lowest BCUT2D eigenvalue weighted by molar-refractivity contribution is -0.199. The third kappa shape index (κ3) is 4.18. The van der Waals surface area contributed by atoms with Gasteiger partial charge in [0.15, 0.2) is 0 Å². The van der Waals surface area contributed by atoms with Crippen LogP contribution in [0.5, 0.6) is 0 Å². The van der Waals surface area contributed by atoms with Crippen molar-refractivity contribution in [1.29, 1.82) is 0 Å². The highest BCUT2D eigenvalue weighted by atomic mass is 16.7. The van der Waals surface area contributed by atoms with Gasteiger partial charge in [0.1, 0.15) is 0 Å². The molecule has 170 valence electrons. The molecule has 4 fully saturated rings. The van der Waals surface area contributed by atoms with Gasteiger partial charge in [-0.15, -0.1) is 0 Å². The van der Waals surface area contributed by atoms with Gasteiger partial charge in [-0.3, -0.25) is 4.79 Å². The Hall–Kier alpha value is -1.41. The summed E-state index contributed by atoms with van der Waals surface area (Å²) in [5.74, 6) is 1.02. The Labute approximate surface area is 186 Å². The van der Waals surface area contributed by atoms with Gasteiger partial charge < -0.3 is 26.1 Å². The molecule has 6 atom stereocenters. The molecule has 0 spiro atoms. The van der Waals surface area contributed by atoms with E-state index in [1.54, 1.807) is 0 Å². The number of rotatable bonds is 9. The lowest BCUT2D eigenvalue weighted by Gasteiger charge is -2.64. The summed E-state index contributed by atoms with van der Waals surface area (Å²) in [6.45, 7) is 8.03. The van der Waals surface area contributed by atoms with E-state index in [-0.39, 0.29) is 30.5 Å². The van der Waals surface area contributed by atoms with E-state index in [1.807, 2.05) is 18.2 Å². The number of nitrogens with one attached hydrogen (secondary N) is 1. The molecule has 0 aromatic heterocycles. The largest absolute Gasteiger partial charge is 0.467 e. The molecule has 31 heavy (non-hydrogen) atoms. The summed E-state index contributed by atoms with van der Waals surface area (Å²) in [7, 11) is -0.374. The predicted octanol–water partition coefficient (Wildman–Crippen LogP) is 2.61. The second-order valence-corrected chi connectivity index (χ2v) is 10.5. The Morgan fingerprint density at radius 3 is 2.65 bits per heavy atom. The summed E-state index contributed by atoms with van der Waals surface area (Å²) in [6, 6.07) is 9.69. The van der Waals surface area contributed by atoms with Crippen LogP contribution in [-0.4, -0.2) is 43.9 Å². The molecule has 1 amide bonds. The number of unbranched alkanes of at least 4 members (excludes halogenated alkanes) is 1. The van der Waals surface area contributed by atoms with Crippen LogP contribution in [0.1, 0.15) is 64.3 Å². The van der Waals surface area contributed by atoms with Gasteiger partial charge in [-0.2, -0.15) is 0 Å². The van der Waals surface area contributed by atoms with E-state index >= 15 is 0 Å². The van der Waals surface area contributed by atoms with Crippen molar-refractivity contribution in [2.24, 2.45) is 28.7 Å². The van der Waals surface area contributed by atoms with Crippen molar-refractivity contribution in [3.05, 3.63) is 35.9 Å². The third-order valence-corrected chi connectivity index (χ3v) is 8.33. The van der Waals surface area contributed by atoms with Crippen LogP contribution in [0.15, 0.2) is 30.3 Å². The molecular weight excluding hydrogens is 389 g/mol. The molecule has 1 heterocycles. The van der Waals surface area contributed by atoms with Crippen LogP contribution < -0.4 is 16.8 Å². The second kappa shape index (κ2) is 8.85. The van der Waals surface area contributed by atoms with Crippen LogP contribution >= 0.6 is 0 Å². The molecule has 6 nitrogen and oxygen atoms in total. The Morgan fingerprint density at radius 2 is 1.97 bits per heavy atom. The Balaban J connectivity index is 1.45. The molecule has 0 radical (unpaired) electrons. The fraction of sp³-hybridized carbons (Fsp3) is 0.708. The van der Waals surface area contributed by atoms with Gasteiger partial charge in [-0.25, -0.2) is 0 Å². The molecule has 1 aromatic carbocycles. The highest BCUT2D eigenvalue weighted by Crippen LogP contribution is 2.66. The van der Waals surface area contributed by atoms with E-state index in [0.717, 1.165) is 24.8 Å². The van der Waals surface area contributed by atoms with Crippen molar-refractivity contribution in [3.63, 3.8) is 0 Å². The van der Waals surface area contributed by atoms with Crippen molar-refractivity contribution < 1.29 is 14.1 Å². The third-order valence-electron chi connectivity index (χ3n) is 8.33. The van der Waals surface area contributed by atoms with Gasteiger partial charge in [-0.1, -0.05) is 50.6 Å². The first kappa shape index (κ1) is 22.8. The summed E-state index contributed by atoms with van der Waals surface area (Å²) in [4.78, 5) is 12.6. The average molecular weight is 427 g/mol. The van der Waals surface area contributed by atoms with Crippen LogP contribution in [0.3, 0.4) is 0 Å². The van der Waals surface area contributed by atoms with E-state index in [2.05, 4.69) is 38.2 Å². The molecule has 3 aliphatic carbocycles. The number of amides is 1. The van der Waals surface area contributed by atoms with E-state index in [4.69, 9.17) is 20.8 Å². The van der Waals surface area contributed by atoms with Crippen LogP contribution in [-0.2, 0) is 14.1 Å². The highest BCUT2D eigenvalue weighted by molar-refractivity contribution is 6.47. The van der Waals surface area contributed by atoms with Gasteiger partial charge in [0, 0.05) is 12.4 Å². The van der Waals surface area contributed by atoms with Crippen molar-refractivity contribution in [3.8, 4) is 0 Å². The molecule has 0 unspecified atom stereocenters. The molecular formula is C24H38BN3O3. The van der Waals surface area contributed by atoms with Gasteiger partial charge >= 0.3 is 7.12 Å². The second-order valence-electron chi connectivity index (χ2n) is 10.5. The maximum atomic E-state index is 12.6. The minimum absolute atomic E-state index is 0.0795. The fourth-order valence-electron chi connectivity index (χ4n) is 6.12. The molecule has 1 aliphatic heterocycles. The molecule has 3 saturated carbocycles. The monoisotopic (exact) mass is 427 g/mol. The van der Waals surface area contributed by atoms with Crippen LogP contribution in [0.2, 0.25) is 0 Å². The predicted molar refractivity (Wildman–Crippen MR) is 123 cm³/mol. The molecule has 7 heteroatoms. The smallest absolute Gasteiger partial charge is 0.405 e. The highest BCUT2D eigenvalue weighted by Gasteiger charge is 2.68. The van der Waals surface area contributed by atoms with Crippen LogP contribution in [0.4, 0.5) is 0 Å². The van der Waals surface area contributed by atoms with Crippen molar-refractivity contribution >= 4 is 13.0 Å². The van der Waals surface area contributed by atoms with Crippen molar-refractivity contribution in [2.75, 3.05) is 13.1 Å². The summed E-state index contributed by atoms with van der Waals surface area (Å²) in [6.07, 6.45) is 4.79. The van der Waals surface area contributed by atoms with E-state index in [1.165, 1.54) is 6.42 Å². The maximum absolute atomic E-state index is 12.6. The Morgan fingerprint density at radius 1 is 1.23 bits per heavy atom. The van der Waals surface area contributed by atoms with E-state index in [9.17, 15) is 4.79 Å². The molecule has 5 rings (SSSR count). The summed E-state index contributed by atoms with van der Waals surface area (Å²) in [5, 5.41) is 3.06. The Bertz CT molecular complexity index is 777. The van der Waals surface area contributed by atoms with Crippen molar-refractivity contribution in [2.45, 2.75) is 76.4 Å². The number of carbonyl (C=O) groups is 1. The number of hydrogen-bond acceptors (Lipinski definition) is 5. The van der Waals surface area contributed by atoms with Gasteiger partial charge in [0.25, 0.3) is 0 Å². The van der Waals surface area contributed by atoms with Gasteiger partial charge in [-0.05, 0) is 62.0 Å². The zero-order valence-electron chi connectivity index (χ0n) is 19.2. The van der Waals surface area contributed by atoms with Crippen molar-refractivity contribution in [1.82, 2.24) is 5.32 Å². The minimum Gasteiger partial charge on any atom is -0.405 e. The van der Waals surface area contributed by atoms with Gasteiger partial charge in [0.05, 0.1) is 17.7 Å². The zero-order chi connectivity index (χ0) is 22.2. The first-order valence-corrected chi connectivity index (χ1v) is 11.9. The molecule has 4 aliphatic rings. The quantitative estimate of drug-likeness (QED) is 0.416. The first-order chi connectivity index (χ1) is 14.8. The Kier molecular flexibility index (Phi) is 6.50. The van der Waals surface area contributed by atoms with Gasteiger partial charge in [0.2, 0.25) is 5.91 Å². The standard InChI is InChI=1S/C24H38BN3O3/c1-23(2)17-13-20(23)24(3)21(14-17)30-25(31-24)18(16-9-5-4-6-10-16)15-28-22(29)19(27)11-7-8-12-26/h4-6,9-10,17-21H,7-8,11-15,26-27H2,1-3H3,(H,28,29)/t17-,18+,19+,20-,21+,24-/m1/s1. The normalized spacial score (nSPS) is 32.7. The molecule has 2 bridgehead atoms. The average Bonchev–Trinajstić information content (AvgIpc) is 3.11. The summed E-state index contributed by atoms with van der Waals surface area (Å²) in [5.41, 5.74) is 12.8. The maximum Gasteiger partial charge on any atom is 0.467 e. The molecule has 1 saturated heterocycles. The summed E-state index contributed by atoms with van der Waals surface area (Å²) < 4.78 is 13.2. The minimum atomic E-state index is -0.512. The zero-order valence-corrected chi connectivity index (χ0v) is 19.2. The number of benzene rings is 1.